The zero-order chi connectivity index (χ0) is 32.5. The molecule has 0 amide bonds. The molecule has 2 aromatic carbocycles. The SMILES string of the molecule is CCCC[N+]1(CCCc2ccccc2)CC(=O)C(C(CC)c2cccc(NS(=O)Oc3ccc(C(F)(F)F)cn3)c2)C(OC)O1. The number of hydrogen-bond donors (Lipinski definition) is 1. The van der Waals surface area contributed by atoms with E-state index in [2.05, 4.69) is 28.8 Å². The van der Waals surface area contributed by atoms with Crippen LogP contribution in [0.1, 0.15) is 62.1 Å². The van der Waals surface area contributed by atoms with E-state index < -0.39 is 35.2 Å². The summed E-state index contributed by atoms with van der Waals surface area (Å²) < 4.78 is 65.0. The fourth-order valence-electron chi connectivity index (χ4n) is 5.83. The highest BCUT2D eigenvalue weighted by Gasteiger charge is 2.50. The largest absolute Gasteiger partial charge is 0.417 e. The first-order valence-electron chi connectivity index (χ1n) is 15.2. The molecule has 1 aliphatic heterocycles. The number of hydrogen-bond acceptors (Lipinski definition) is 6. The number of unbranched alkanes of at least 4 members (excludes halogenated alkanes) is 1. The molecule has 5 unspecified atom stereocenters. The normalized spacial score (nSPS) is 21.7. The van der Waals surface area contributed by atoms with Crippen LogP contribution in [0, 0.1) is 5.92 Å². The van der Waals surface area contributed by atoms with Gasteiger partial charge in [-0.3, -0.25) is 9.52 Å². The van der Waals surface area contributed by atoms with Crippen LogP contribution in [0.4, 0.5) is 18.9 Å². The van der Waals surface area contributed by atoms with Gasteiger partial charge < -0.3 is 8.92 Å². The number of nitrogens with one attached hydrogen (secondary N) is 1. The van der Waals surface area contributed by atoms with Gasteiger partial charge in [-0.25, -0.2) is 4.98 Å². The number of pyridine rings is 1. The zero-order valence-corrected chi connectivity index (χ0v) is 26.6. The molecule has 3 aromatic rings. The van der Waals surface area contributed by atoms with Crippen LogP contribution >= 0.6 is 0 Å². The highest BCUT2D eigenvalue weighted by Crippen LogP contribution is 2.39. The lowest BCUT2D eigenvalue weighted by Crippen LogP contribution is -2.62. The van der Waals surface area contributed by atoms with Crippen molar-refractivity contribution in [3.8, 4) is 5.88 Å². The molecule has 0 radical (unpaired) electrons. The Balaban J connectivity index is 1.46. The van der Waals surface area contributed by atoms with E-state index in [1.54, 1.807) is 25.3 Å². The Kier molecular flexibility index (Phi) is 12.1. The van der Waals surface area contributed by atoms with E-state index in [-0.39, 0.29) is 28.8 Å². The summed E-state index contributed by atoms with van der Waals surface area (Å²) >= 11 is -2.14. The number of carbonyl (C=O) groups excluding carboxylic acids is 1. The maximum Gasteiger partial charge on any atom is 0.417 e. The first kappa shape index (κ1) is 34.6. The molecule has 1 fully saturated rings. The van der Waals surface area contributed by atoms with Crippen molar-refractivity contribution >= 4 is 22.7 Å². The Morgan fingerprint density at radius 3 is 2.47 bits per heavy atom. The molecular weight excluding hydrogens is 607 g/mol. The number of rotatable bonds is 15. The highest BCUT2D eigenvalue weighted by molar-refractivity contribution is 7.81. The minimum atomic E-state index is -4.54. The predicted octanol–water partition coefficient (Wildman–Crippen LogP) is 7.02. The Labute approximate surface area is 265 Å². The molecule has 0 saturated carbocycles. The first-order chi connectivity index (χ1) is 21.6. The van der Waals surface area contributed by atoms with Crippen molar-refractivity contribution in [2.45, 2.75) is 64.3 Å². The molecule has 45 heavy (non-hydrogen) atoms. The Bertz CT molecular complexity index is 1410. The predicted molar refractivity (Wildman–Crippen MR) is 166 cm³/mol. The third kappa shape index (κ3) is 9.35. The van der Waals surface area contributed by atoms with Gasteiger partial charge in [0.15, 0.2) is 12.3 Å². The van der Waals surface area contributed by atoms with E-state index in [9.17, 15) is 22.2 Å². The smallest absolute Gasteiger partial charge is 0.364 e. The Morgan fingerprint density at radius 2 is 1.82 bits per heavy atom. The minimum absolute atomic E-state index is 0.0782. The number of methoxy groups -OCH3 is 1. The number of nitrogens with zero attached hydrogens (tertiary/aromatic N) is 2. The lowest BCUT2D eigenvalue weighted by Gasteiger charge is -2.45. The maximum absolute atomic E-state index is 14.0. The van der Waals surface area contributed by atoms with E-state index >= 15 is 0 Å². The second-order valence-corrected chi connectivity index (χ2v) is 12.1. The van der Waals surface area contributed by atoms with Crippen molar-refractivity contribution in [1.29, 1.82) is 0 Å². The Morgan fingerprint density at radius 1 is 1.07 bits per heavy atom. The number of benzene rings is 2. The molecule has 244 valence electrons. The number of halogens is 3. The van der Waals surface area contributed by atoms with Crippen molar-refractivity contribution in [2.75, 3.05) is 31.5 Å². The number of aromatic nitrogens is 1. The molecular formula is C33H41F3N3O5S+. The van der Waals surface area contributed by atoms with E-state index in [0.717, 1.165) is 49.9 Å². The van der Waals surface area contributed by atoms with E-state index in [1.807, 2.05) is 31.2 Å². The van der Waals surface area contributed by atoms with Gasteiger partial charge in [0.05, 0.1) is 11.5 Å². The van der Waals surface area contributed by atoms with Crippen LogP contribution in [0.2, 0.25) is 0 Å². The number of quaternary nitrogens is 1. The van der Waals surface area contributed by atoms with Crippen LogP contribution in [-0.4, -0.2) is 52.7 Å². The zero-order valence-electron chi connectivity index (χ0n) is 25.8. The molecule has 0 spiro atoms. The van der Waals surface area contributed by atoms with Crippen molar-refractivity contribution in [3.05, 3.63) is 89.6 Å². The van der Waals surface area contributed by atoms with Gasteiger partial charge in [0.25, 0.3) is 0 Å². The molecule has 2 heterocycles. The number of carbonyl (C=O) groups is 1. The van der Waals surface area contributed by atoms with Gasteiger partial charge in [0.1, 0.15) is 13.1 Å². The van der Waals surface area contributed by atoms with Crippen molar-refractivity contribution in [3.63, 3.8) is 0 Å². The summed E-state index contributed by atoms with van der Waals surface area (Å²) in [6.07, 6.45) is -0.374. The molecule has 12 heteroatoms. The molecule has 1 aliphatic rings. The third-order valence-corrected chi connectivity index (χ3v) is 8.80. The van der Waals surface area contributed by atoms with Crippen LogP contribution in [0.25, 0.3) is 0 Å². The lowest BCUT2D eigenvalue weighted by molar-refractivity contribution is -1.11. The molecule has 0 aliphatic carbocycles. The van der Waals surface area contributed by atoms with Crippen LogP contribution < -0.4 is 8.91 Å². The summed E-state index contributed by atoms with van der Waals surface area (Å²) in [7, 11) is 1.56. The van der Waals surface area contributed by atoms with Gasteiger partial charge in [-0.2, -0.15) is 26.9 Å². The summed E-state index contributed by atoms with van der Waals surface area (Å²) in [6, 6.07) is 19.2. The average molecular weight is 649 g/mol. The molecule has 1 saturated heterocycles. The Hall–Kier alpha value is -3.32. The first-order valence-corrected chi connectivity index (χ1v) is 16.3. The minimum Gasteiger partial charge on any atom is -0.364 e. The number of hydroxylamine groups is 3. The summed E-state index contributed by atoms with van der Waals surface area (Å²) in [5, 5.41) is 0. The second-order valence-electron chi connectivity index (χ2n) is 11.3. The van der Waals surface area contributed by atoms with Crippen molar-refractivity contribution < 1.29 is 40.6 Å². The van der Waals surface area contributed by atoms with Crippen LogP contribution in [0.5, 0.6) is 5.88 Å². The van der Waals surface area contributed by atoms with Gasteiger partial charge in [0.2, 0.25) is 12.2 Å². The molecule has 1 aromatic heterocycles. The van der Waals surface area contributed by atoms with Crippen molar-refractivity contribution in [1.82, 2.24) is 4.98 Å². The fourth-order valence-corrected chi connectivity index (χ4v) is 6.44. The van der Waals surface area contributed by atoms with Gasteiger partial charge in [-0.15, -0.1) is 0 Å². The fraction of sp³-hybridized carbons (Fsp3) is 0.455. The number of ketones is 1. The monoisotopic (exact) mass is 648 g/mol. The van der Waals surface area contributed by atoms with Crippen molar-refractivity contribution in [2.24, 2.45) is 5.92 Å². The summed E-state index contributed by atoms with van der Waals surface area (Å²) in [5.41, 5.74) is 1.59. The number of ether oxygens (including phenoxy) is 1. The molecule has 1 N–H and O–H groups in total. The lowest BCUT2D eigenvalue weighted by atomic mass is 9.80. The average Bonchev–Trinajstić information content (AvgIpc) is 3.02. The standard InChI is InChI=1S/C33H41F3N3O5S/c1-4-6-19-39(20-11-14-24-12-8-7-9-13-24)23-29(40)31(32(42-3)43-39)28(5-2)25-15-10-16-27(21-25)38-45(41)44-30-18-17-26(22-37-30)33(34,35)36/h7-10,12-13,15-18,21-22,28,31-32,38H,4-6,11,14,19-20,23H2,1-3H3/q+1. The topological polar surface area (TPSA) is 86.8 Å². The number of anilines is 1. The van der Waals surface area contributed by atoms with E-state index in [0.29, 0.717) is 24.8 Å². The molecule has 8 nitrogen and oxygen atoms in total. The third-order valence-electron chi connectivity index (χ3n) is 8.08. The van der Waals surface area contributed by atoms with Gasteiger partial charge in [-0.05, 0) is 54.5 Å². The number of aryl methyl sites for hydroxylation is 1. The van der Waals surface area contributed by atoms with Gasteiger partial charge in [-0.1, -0.05) is 62.7 Å². The summed E-state index contributed by atoms with van der Waals surface area (Å²) in [6.45, 7) is 5.79. The van der Waals surface area contributed by atoms with Gasteiger partial charge in [0, 0.05) is 31.5 Å². The summed E-state index contributed by atoms with van der Waals surface area (Å²) in [5.74, 6) is -0.935. The number of alkyl halides is 3. The van der Waals surface area contributed by atoms with E-state index in [1.165, 1.54) is 5.56 Å². The molecule has 0 bridgehead atoms. The van der Waals surface area contributed by atoms with E-state index in [4.69, 9.17) is 13.8 Å². The highest BCUT2D eigenvalue weighted by atomic mass is 32.2. The number of Topliss-reactive ketones (excluding diaryl/α,β-unsaturated/α-hetero) is 1. The maximum atomic E-state index is 14.0. The van der Waals surface area contributed by atoms with Gasteiger partial charge >= 0.3 is 17.4 Å². The summed E-state index contributed by atoms with van der Waals surface area (Å²) in [4.78, 5) is 24.2. The van der Waals surface area contributed by atoms with Crippen LogP contribution in [-0.2, 0) is 38.2 Å². The molecule has 5 atom stereocenters. The van der Waals surface area contributed by atoms with Crippen LogP contribution in [0.3, 0.4) is 0 Å². The quantitative estimate of drug-likeness (QED) is 0.178. The molecule has 4 rings (SSSR count). The second kappa shape index (κ2) is 15.8. The van der Waals surface area contributed by atoms with Crippen LogP contribution in [0.15, 0.2) is 72.9 Å².